The van der Waals surface area contributed by atoms with E-state index in [1.165, 1.54) is 16.2 Å². The van der Waals surface area contributed by atoms with Gasteiger partial charge in [-0.2, -0.15) is 0 Å². The Morgan fingerprint density at radius 2 is 2.00 bits per heavy atom. The first-order valence-electron chi connectivity index (χ1n) is 5.96. The van der Waals surface area contributed by atoms with Crippen LogP contribution in [0.25, 0.3) is 0 Å². The zero-order chi connectivity index (χ0) is 14.7. The second-order valence-electron chi connectivity index (χ2n) is 4.45. The van der Waals surface area contributed by atoms with Crippen LogP contribution in [0.1, 0.15) is 15.2 Å². The Balaban J connectivity index is 2.21. The van der Waals surface area contributed by atoms with Crippen LogP contribution < -0.4 is 5.32 Å². The van der Waals surface area contributed by atoms with Crippen LogP contribution in [0.5, 0.6) is 0 Å². The molecule has 1 N–H and O–H groups in total. The molecule has 0 radical (unpaired) electrons. The molecule has 0 spiro atoms. The first kappa shape index (κ1) is 15.2. The van der Waals surface area contributed by atoms with Gasteiger partial charge >= 0.3 is 0 Å². The highest BCUT2D eigenvalue weighted by Gasteiger charge is 2.13. The van der Waals surface area contributed by atoms with Gasteiger partial charge in [0.2, 0.25) is 0 Å². The summed E-state index contributed by atoms with van der Waals surface area (Å²) in [7, 11) is 3.44. The molecule has 106 valence electrons. The minimum atomic E-state index is -0.0617. The Labute approximate surface area is 132 Å². The summed E-state index contributed by atoms with van der Waals surface area (Å²) in [4.78, 5) is 14.8. The van der Waals surface area contributed by atoms with Crippen LogP contribution in [0.2, 0.25) is 9.36 Å². The van der Waals surface area contributed by atoms with Gasteiger partial charge in [-0.05, 0) is 30.3 Å². The third-order valence-electron chi connectivity index (χ3n) is 2.70. The zero-order valence-corrected chi connectivity index (χ0v) is 13.4. The number of halogens is 2. The number of carbonyl (C=O) groups excluding carboxylic acids is 1. The lowest BCUT2D eigenvalue weighted by atomic mass is 10.1. The minimum Gasteiger partial charge on any atom is -0.379 e. The molecule has 1 heterocycles. The van der Waals surface area contributed by atoms with E-state index < -0.39 is 0 Å². The lowest BCUT2D eigenvalue weighted by Crippen LogP contribution is -2.22. The highest BCUT2D eigenvalue weighted by Crippen LogP contribution is 2.25. The maximum atomic E-state index is 12.1. The molecule has 1 aromatic carbocycles. The molecule has 0 aliphatic heterocycles. The minimum absolute atomic E-state index is 0.0617. The van der Waals surface area contributed by atoms with Gasteiger partial charge in [0.05, 0.1) is 9.90 Å². The number of hydrogen-bond donors (Lipinski definition) is 1. The quantitative estimate of drug-likeness (QED) is 0.903. The third kappa shape index (κ3) is 3.66. The number of nitrogens with zero attached hydrogens (tertiary/aromatic N) is 1. The van der Waals surface area contributed by atoms with Gasteiger partial charge in [0.15, 0.2) is 0 Å². The molecule has 6 heteroatoms. The first-order chi connectivity index (χ1) is 9.47. The van der Waals surface area contributed by atoms with E-state index in [9.17, 15) is 4.79 Å². The van der Waals surface area contributed by atoms with Gasteiger partial charge in [-0.3, -0.25) is 4.79 Å². The van der Waals surface area contributed by atoms with Crippen molar-refractivity contribution in [2.24, 2.45) is 0 Å². The summed E-state index contributed by atoms with van der Waals surface area (Å²) in [6.45, 7) is 0.603. The normalized spacial score (nSPS) is 10.4. The van der Waals surface area contributed by atoms with Crippen LogP contribution in [0, 0.1) is 0 Å². The van der Waals surface area contributed by atoms with Crippen molar-refractivity contribution < 1.29 is 4.79 Å². The molecule has 3 nitrogen and oxygen atoms in total. The molecule has 2 aromatic rings. The first-order valence-corrected chi connectivity index (χ1v) is 7.54. The topological polar surface area (TPSA) is 32.3 Å². The van der Waals surface area contributed by atoms with Crippen molar-refractivity contribution in [2.75, 3.05) is 19.4 Å². The molecule has 0 fully saturated rings. The van der Waals surface area contributed by atoms with E-state index in [-0.39, 0.29) is 5.91 Å². The molecule has 0 bridgehead atoms. The zero-order valence-electron chi connectivity index (χ0n) is 11.1. The predicted molar refractivity (Wildman–Crippen MR) is 86.1 cm³/mol. The molecule has 1 amide bonds. The largest absolute Gasteiger partial charge is 0.379 e. The van der Waals surface area contributed by atoms with Crippen molar-refractivity contribution in [3.05, 3.63) is 50.1 Å². The molecular formula is C14H14Cl2N2OS. The van der Waals surface area contributed by atoms with Crippen LogP contribution in [0.4, 0.5) is 5.69 Å². The monoisotopic (exact) mass is 328 g/mol. The Hall–Kier alpha value is -1.23. The van der Waals surface area contributed by atoms with Gasteiger partial charge in [-0.25, -0.2) is 0 Å². The van der Waals surface area contributed by atoms with E-state index in [1.54, 1.807) is 32.3 Å². The fourth-order valence-electron chi connectivity index (χ4n) is 1.72. The maximum Gasteiger partial charge on any atom is 0.255 e. The van der Waals surface area contributed by atoms with Gasteiger partial charge in [-0.1, -0.05) is 23.2 Å². The SMILES string of the molecule is CN(C)C(=O)c1ccc(Cl)cc1NCc1ccc(Cl)s1. The summed E-state index contributed by atoms with van der Waals surface area (Å²) in [5.41, 5.74) is 1.32. The summed E-state index contributed by atoms with van der Waals surface area (Å²) in [6.07, 6.45) is 0. The molecule has 0 unspecified atom stereocenters. The Morgan fingerprint density at radius 1 is 1.25 bits per heavy atom. The lowest BCUT2D eigenvalue weighted by molar-refractivity contribution is 0.0828. The van der Waals surface area contributed by atoms with Gasteiger partial charge in [0.25, 0.3) is 5.91 Å². The molecule has 0 saturated carbocycles. The number of amides is 1. The maximum absolute atomic E-state index is 12.1. The second kappa shape index (κ2) is 6.48. The number of rotatable bonds is 4. The van der Waals surface area contributed by atoms with Crippen molar-refractivity contribution >= 4 is 46.1 Å². The van der Waals surface area contributed by atoms with E-state index in [0.717, 1.165) is 14.9 Å². The van der Waals surface area contributed by atoms with Crippen LogP contribution >= 0.6 is 34.5 Å². The second-order valence-corrected chi connectivity index (χ2v) is 6.68. The smallest absolute Gasteiger partial charge is 0.255 e. The van der Waals surface area contributed by atoms with E-state index in [0.29, 0.717) is 17.1 Å². The standard InChI is InChI=1S/C14H14Cl2N2OS/c1-18(2)14(19)11-5-3-9(15)7-12(11)17-8-10-4-6-13(16)20-10/h3-7,17H,8H2,1-2H3. The Morgan fingerprint density at radius 3 is 2.60 bits per heavy atom. The van der Waals surface area contributed by atoms with E-state index in [1.807, 2.05) is 12.1 Å². The third-order valence-corrected chi connectivity index (χ3v) is 4.17. The Bertz CT molecular complexity index is 625. The average Bonchev–Trinajstić information content (AvgIpc) is 2.81. The molecule has 0 aliphatic carbocycles. The highest BCUT2D eigenvalue weighted by molar-refractivity contribution is 7.16. The fraction of sp³-hybridized carbons (Fsp3) is 0.214. The van der Waals surface area contributed by atoms with Crippen LogP contribution in [-0.2, 0) is 6.54 Å². The summed E-state index contributed by atoms with van der Waals surface area (Å²) >= 11 is 13.4. The number of benzene rings is 1. The summed E-state index contributed by atoms with van der Waals surface area (Å²) in [5, 5.41) is 3.83. The van der Waals surface area contributed by atoms with Crippen molar-refractivity contribution in [3.63, 3.8) is 0 Å². The van der Waals surface area contributed by atoms with Gasteiger partial charge in [0, 0.05) is 36.2 Å². The number of thiophene rings is 1. The molecule has 0 saturated heterocycles. The summed E-state index contributed by atoms with van der Waals surface area (Å²) in [6, 6.07) is 9.01. The molecular weight excluding hydrogens is 315 g/mol. The van der Waals surface area contributed by atoms with Crippen LogP contribution in [0.3, 0.4) is 0 Å². The predicted octanol–water partition coefficient (Wildman–Crippen LogP) is 4.37. The highest BCUT2D eigenvalue weighted by atomic mass is 35.5. The van der Waals surface area contributed by atoms with E-state index in [4.69, 9.17) is 23.2 Å². The summed E-state index contributed by atoms with van der Waals surface area (Å²) < 4.78 is 0.748. The summed E-state index contributed by atoms with van der Waals surface area (Å²) in [5.74, 6) is -0.0617. The number of hydrogen-bond acceptors (Lipinski definition) is 3. The number of anilines is 1. The van der Waals surface area contributed by atoms with E-state index >= 15 is 0 Å². The van der Waals surface area contributed by atoms with Crippen molar-refractivity contribution in [1.82, 2.24) is 4.90 Å². The molecule has 2 rings (SSSR count). The Kier molecular flexibility index (Phi) is 4.91. The van der Waals surface area contributed by atoms with E-state index in [2.05, 4.69) is 5.32 Å². The number of nitrogens with one attached hydrogen (secondary N) is 1. The molecule has 1 aromatic heterocycles. The van der Waals surface area contributed by atoms with Gasteiger partial charge in [0.1, 0.15) is 0 Å². The van der Waals surface area contributed by atoms with Crippen molar-refractivity contribution in [3.8, 4) is 0 Å². The van der Waals surface area contributed by atoms with Crippen molar-refractivity contribution in [2.45, 2.75) is 6.54 Å². The molecule has 0 atom stereocenters. The van der Waals surface area contributed by atoms with Gasteiger partial charge < -0.3 is 10.2 Å². The molecule has 0 aliphatic rings. The average molecular weight is 329 g/mol. The fourth-order valence-corrected chi connectivity index (χ4v) is 2.92. The van der Waals surface area contributed by atoms with Gasteiger partial charge in [-0.15, -0.1) is 11.3 Å². The lowest BCUT2D eigenvalue weighted by Gasteiger charge is -2.15. The number of carbonyl (C=O) groups is 1. The van der Waals surface area contributed by atoms with Crippen molar-refractivity contribution in [1.29, 1.82) is 0 Å². The van der Waals surface area contributed by atoms with Crippen LogP contribution in [0.15, 0.2) is 30.3 Å². The molecule has 20 heavy (non-hydrogen) atoms. The van der Waals surface area contributed by atoms with Crippen LogP contribution in [-0.4, -0.2) is 24.9 Å².